The molecule has 12 heavy (non-hydrogen) atoms. The molecule has 0 aromatic rings. The molecule has 7 nitrogen and oxygen atoms in total. The Bertz CT molecular complexity index is 190. The van der Waals surface area contributed by atoms with Crippen LogP contribution in [0.3, 0.4) is 0 Å². The lowest BCUT2D eigenvalue weighted by Crippen LogP contribution is -2.38. The van der Waals surface area contributed by atoms with E-state index in [0.717, 1.165) is 0 Å². The number of cyclic esters (lactones) is 2. The van der Waals surface area contributed by atoms with Crippen LogP contribution in [0.4, 0.5) is 0 Å². The highest BCUT2D eigenvalue weighted by Crippen LogP contribution is 2.08. The lowest BCUT2D eigenvalue weighted by molar-refractivity contribution is -0.242. The number of ether oxygens (including phenoxy) is 2. The first-order chi connectivity index (χ1) is 5.52. The summed E-state index contributed by atoms with van der Waals surface area (Å²) in [4.78, 5) is 21.1. The average Bonchev–Trinajstić information content (AvgIpc) is 2.05. The highest BCUT2D eigenvalue weighted by molar-refractivity contribution is 5.86. The summed E-state index contributed by atoms with van der Waals surface area (Å²) >= 11 is 0. The largest absolute Gasteiger partial charge is 0.398 e. The maximum absolute atomic E-state index is 10.6. The second-order valence-electron chi connectivity index (χ2n) is 2.07. The van der Waals surface area contributed by atoms with Crippen molar-refractivity contribution < 1.29 is 34.4 Å². The Morgan fingerprint density at radius 3 is 1.58 bits per heavy atom. The second-order valence-corrected chi connectivity index (χ2v) is 2.07. The Morgan fingerprint density at radius 2 is 1.25 bits per heavy atom. The van der Waals surface area contributed by atoms with E-state index < -0.39 is 30.6 Å². The number of carbonyl (C=O) groups excluding carboxylic acids is 2. The van der Waals surface area contributed by atoms with Crippen molar-refractivity contribution in [3.63, 3.8) is 0 Å². The monoisotopic (exact) mass is 178 g/mol. The number of esters is 2. The highest BCUT2D eigenvalue weighted by Gasteiger charge is 2.39. The number of rotatable bonds is 0. The molecule has 1 fully saturated rings. The van der Waals surface area contributed by atoms with E-state index in [4.69, 9.17) is 15.3 Å². The molecule has 7 heteroatoms. The number of aliphatic hydroxyl groups is 3. The Hall–Kier alpha value is -1.18. The van der Waals surface area contributed by atoms with Crippen LogP contribution in [0, 0.1) is 0 Å². The van der Waals surface area contributed by atoms with Gasteiger partial charge in [0.25, 0.3) is 0 Å². The third-order valence-corrected chi connectivity index (χ3v) is 1.22. The standard InChI is InChI=1S/C5H6O7/c6-1-2(7)4(9)12-5(10)11-3(1)8/h1-2,5-7,10H. The minimum Gasteiger partial charge on any atom is -0.398 e. The van der Waals surface area contributed by atoms with Crippen molar-refractivity contribution in [1.29, 1.82) is 0 Å². The average molecular weight is 178 g/mol. The number of hydrogen-bond acceptors (Lipinski definition) is 7. The van der Waals surface area contributed by atoms with Crippen LogP contribution in [0.1, 0.15) is 0 Å². The van der Waals surface area contributed by atoms with Gasteiger partial charge in [0, 0.05) is 0 Å². The van der Waals surface area contributed by atoms with Crippen molar-refractivity contribution in [2.45, 2.75) is 18.7 Å². The number of carbonyl (C=O) groups is 2. The highest BCUT2D eigenvalue weighted by atomic mass is 16.8. The molecule has 1 saturated heterocycles. The zero-order valence-corrected chi connectivity index (χ0v) is 5.71. The van der Waals surface area contributed by atoms with E-state index in [1.54, 1.807) is 0 Å². The smallest absolute Gasteiger partial charge is 0.362 e. The summed E-state index contributed by atoms with van der Waals surface area (Å²) in [5.41, 5.74) is 0. The normalized spacial score (nSPS) is 36.8. The van der Waals surface area contributed by atoms with E-state index in [2.05, 4.69) is 9.47 Å². The maximum Gasteiger partial charge on any atom is 0.362 e. The van der Waals surface area contributed by atoms with Gasteiger partial charge in [-0.25, -0.2) is 9.59 Å². The molecular weight excluding hydrogens is 172 g/mol. The van der Waals surface area contributed by atoms with E-state index in [0.29, 0.717) is 0 Å². The minimum atomic E-state index is -2.07. The molecule has 1 aliphatic rings. The molecule has 1 rings (SSSR count). The van der Waals surface area contributed by atoms with Gasteiger partial charge < -0.3 is 24.8 Å². The molecule has 2 atom stereocenters. The summed E-state index contributed by atoms with van der Waals surface area (Å²) in [6.45, 7) is -2.07. The van der Waals surface area contributed by atoms with Crippen LogP contribution < -0.4 is 0 Å². The third-order valence-electron chi connectivity index (χ3n) is 1.22. The van der Waals surface area contributed by atoms with Crippen molar-refractivity contribution in [3.05, 3.63) is 0 Å². The quantitative estimate of drug-likeness (QED) is 0.340. The molecular formula is C5H6O7. The predicted molar refractivity (Wildman–Crippen MR) is 30.2 cm³/mol. The van der Waals surface area contributed by atoms with Crippen molar-refractivity contribution >= 4 is 11.9 Å². The van der Waals surface area contributed by atoms with Crippen molar-refractivity contribution in [2.75, 3.05) is 0 Å². The summed E-state index contributed by atoms with van der Waals surface area (Å²) in [7, 11) is 0. The zero-order chi connectivity index (χ0) is 9.30. The van der Waals surface area contributed by atoms with Crippen LogP contribution in [0.15, 0.2) is 0 Å². The fourth-order valence-corrected chi connectivity index (χ4v) is 0.620. The van der Waals surface area contributed by atoms with Crippen LogP contribution in [0.2, 0.25) is 0 Å². The van der Waals surface area contributed by atoms with E-state index in [1.165, 1.54) is 0 Å². The predicted octanol–water partition coefficient (Wildman–Crippen LogP) is -2.92. The molecule has 2 unspecified atom stereocenters. The first-order valence-electron chi connectivity index (χ1n) is 2.97. The topological polar surface area (TPSA) is 113 Å². The molecule has 0 spiro atoms. The van der Waals surface area contributed by atoms with Crippen LogP contribution in [-0.2, 0) is 19.1 Å². The fraction of sp³-hybridized carbons (Fsp3) is 0.600. The van der Waals surface area contributed by atoms with Crippen molar-refractivity contribution in [1.82, 2.24) is 0 Å². The van der Waals surface area contributed by atoms with Gasteiger partial charge in [-0.2, -0.15) is 0 Å². The van der Waals surface area contributed by atoms with Crippen LogP contribution >= 0.6 is 0 Å². The van der Waals surface area contributed by atoms with Crippen molar-refractivity contribution in [2.24, 2.45) is 0 Å². The van der Waals surface area contributed by atoms with E-state index >= 15 is 0 Å². The van der Waals surface area contributed by atoms with Gasteiger partial charge in [0.15, 0.2) is 12.2 Å². The fourth-order valence-electron chi connectivity index (χ4n) is 0.620. The molecule has 0 aromatic heterocycles. The first-order valence-corrected chi connectivity index (χ1v) is 2.97. The van der Waals surface area contributed by atoms with E-state index in [1.807, 2.05) is 0 Å². The SMILES string of the molecule is O=C1OC(O)OC(=O)C(O)C1O. The first kappa shape index (κ1) is 8.91. The van der Waals surface area contributed by atoms with Gasteiger partial charge in [0.1, 0.15) is 0 Å². The maximum atomic E-state index is 10.6. The van der Waals surface area contributed by atoms with Gasteiger partial charge in [-0.15, -0.1) is 0 Å². The molecule has 0 aliphatic carbocycles. The van der Waals surface area contributed by atoms with Crippen LogP contribution in [0.5, 0.6) is 0 Å². The van der Waals surface area contributed by atoms with E-state index in [9.17, 15) is 9.59 Å². The summed E-state index contributed by atoms with van der Waals surface area (Å²) in [5, 5.41) is 26.1. The zero-order valence-electron chi connectivity index (χ0n) is 5.71. The van der Waals surface area contributed by atoms with Gasteiger partial charge in [-0.05, 0) is 0 Å². The molecule has 1 aliphatic heterocycles. The number of aliphatic hydroxyl groups excluding tert-OH is 3. The second kappa shape index (κ2) is 3.05. The molecule has 0 amide bonds. The van der Waals surface area contributed by atoms with Crippen LogP contribution in [-0.4, -0.2) is 45.9 Å². The molecule has 0 bridgehead atoms. The third kappa shape index (κ3) is 1.52. The molecule has 3 N–H and O–H groups in total. The molecule has 1 heterocycles. The molecule has 0 radical (unpaired) electrons. The summed E-state index contributed by atoms with van der Waals surface area (Å²) < 4.78 is 7.86. The van der Waals surface area contributed by atoms with E-state index in [-0.39, 0.29) is 0 Å². The summed E-state index contributed by atoms with van der Waals surface area (Å²) in [6.07, 6.45) is -4.04. The molecule has 0 saturated carbocycles. The molecule has 0 aromatic carbocycles. The Balaban J connectivity index is 2.80. The van der Waals surface area contributed by atoms with Gasteiger partial charge in [-0.3, -0.25) is 0 Å². The summed E-state index contributed by atoms with van der Waals surface area (Å²) in [6, 6.07) is 0. The van der Waals surface area contributed by atoms with Gasteiger partial charge in [0.05, 0.1) is 0 Å². The Labute approximate surface area is 66.1 Å². The Morgan fingerprint density at radius 1 is 0.917 bits per heavy atom. The Kier molecular flexibility index (Phi) is 2.27. The lowest BCUT2D eigenvalue weighted by atomic mass is 10.2. The lowest BCUT2D eigenvalue weighted by Gasteiger charge is -2.06. The summed E-state index contributed by atoms with van der Waals surface area (Å²) in [5.74, 6) is -2.64. The van der Waals surface area contributed by atoms with Gasteiger partial charge >= 0.3 is 18.4 Å². The van der Waals surface area contributed by atoms with Crippen molar-refractivity contribution in [3.8, 4) is 0 Å². The van der Waals surface area contributed by atoms with Crippen LogP contribution in [0.25, 0.3) is 0 Å². The van der Waals surface area contributed by atoms with Gasteiger partial charge in [0.2, 0.25) is 0 Å². The molecule has 68 valence electrons. The number of hydrogen-bond donors (Lipinski definition) is 3. The van der Waals surface area contributed by atoms with Gasteiger partial charge in [-0.1, -0.05) is 0 Å². The minimum absolute atomic E-state index is 1.32.